The number of hydrogen-bond acceptors (Lipinski definition) is 0. The van der Waals surface area contributed by atoms with E-state index in [9.17, 15) is 0 Å². The summed E-state index contributed by atoms with van der Waals surface area (Å²) in [6.45, 7) is 9.55. The van der Waals surface area contributed by atoms with Crippen LogP contribution in [0.15, 0.2) is 48.5 Å². The second kappa shape index (κ2) is 5.91. The summed E-state index contributed by atoms with van der Waals surface area (Å²) in [5.41, 5.74) is 6.40. The second-order valence-electron chi connectivity index (χ2n) is 8.02. The average Bonchev–Trinajstić information content (AvgIpc) is 2.47. The highest BCUT2D eigenvalue weighted by Crippen LogP contribution is 2.47. The molecule has 0 aromatic heterocycles. The topological polar surface area (TPSA) is 0 Å². The zero-order valence-corrected chi connectivity index (χ0v) is 14.4. The lowest BCUT2D eigenvalue weighted by atomic mass is 9.66. The minimum atomic E-state index is 0.347. The minimum absolute atomic E-state index is 0.347. The monoisotopic (exact) mass is 292 g/mol. The van der Waals surface area contributed by atoms with Crippen LogP contribution in [-0.2, 0) is 6.42 Å². The van der Waals surface area contributed by atoms with Crippen molar-refractivity contribution < 1.29 is 0 Å². The zero-order valence-electron chi connectivity index (χ0n) is 14.4. The van der Waals surface area contributed by atoms with Crippen molar-refractivity contribution in [1.82, 2.24) is 0 Å². The van der Waals surface area contributed by atoms with E-state index >= 15 is 0 Å². The summed E-state index contributed by atoms with van der Waals surface area (Å²) < 4.78 is 0. The first kappa shape index (κ1) is 15.3. The summed E-state index contributed by atoms with van der Waals surface area (Å²) in [6, 6.07) is 18.0. The molecule has 116 valence electrons. The molecular formula is C22H28. The Labute approximate surface area is 135 Å². The number of hydrogen-bond donors (Lipinski definition) is 0. The molecule has 1 aliphatic carbocycles. The standard InChI is InChI=1S/C22H28/c1-16-10-13-21(22(2,3)4)20-15-18(11-12-19(16)20)14-17-8-6-5-7-9-17/h5-9,11-12,15-16,21H,10,13-14H2,1-4H3. The fraction of sp³-hybridized carbons (Fsp3) is 0.455. The third-order valence-electron chi connectivity index (χ3n) is 5.24. The molecule has 0 amide bonds. The van der Waals surface area contributed by atoms with E-state index < -0.39 is 0 Å². The van der Waals surface area contributed by atoms with Crippen LogP contribution >= 0.6 is 0 Å². The molecule has 1 aliphatic rings. The van der Waals surface area contributed by atoms with Gasteiger partial charge in [-0.25, -0.2) is 0 Å². The van der Waals surface area contributed by atoms with Gasteiger partial charge in [0.05, 0.1) is 0 Å². The fourth-order valence-corrected chi connectivity index (χ4v) is 3.94. The van der Waals surface area contributed by atoms with Gasteiger partial charge in [-0.05, 0) is 58.8 Å². The summed E-state index contributed by atoms with van der Waals surface area (Å²) in [7, 11) is 0. The van der Waals surface area contributed by atoms with Gasteiger partial charge in [0.2, 0.25) is 0 Å². The Morgan fingerprint density at radius 1 is 0.864 bits per heavy atom. The predicted octanol–water partition coefficient (Wildman–Crippen LogP) is 6.30. The summed E-state index contributed by atoms with van der Waals surface area (Å²) in [5, 5.41) is 0. The predicted molar refractivity (Wildman–Crippen MR) is 95.5 cm³/mol. The van der Waals surface area contributed by atoms with Gasteiger partial charge in [-0.3, -0.25) is 0 Å². The first-order valence-corrected chi connectivity index (χ1v) is 8.62. The van der Waals surface area contributed by atoms with Crippen molar-refractivity contribution in [3.8, 4) is 0 Å². The van der Waals surface area contributed by atoms with E-state index in [1.807, 2.05) is 0 Å². The molecule has 0 saturated heterocycles. The van der Waals surface area contributed by atoms with Crippen LogP contribution in [0.1, 0.15) is 74.6 Å². The SMILES string of the molecule is CC1CCC(C(C)(C)C)c2cc(Cc3ccccc3)ccc21. The minimum Gasteiger partial charge on any atom is -0.0622 e. The van der Waals surface area contributed by atoms with E-state index in [0.717, 1.165) is 6.42 Å². The second-order valence-corrected chi connectivity index (χ2v) is 8.02. The molecule has 2 atom stereocenters. The molecule has 0 N–H and O–H groups in total. The lowest BCUT2D eigenvalue weighted by Gasteiger charge is -2.38. The van der Waals surface area contributed by atoms with Gasteiger partial charge in [0.25, 0.3) is 0 Å². The van der Waals surface area contributed by atoms with Gasteiger partial charge in [-0.1, -0.05) is 76.2 Å². The Bertz CT molecular complexity index is 631. The Morgan fingerprint density at radius 2 is 1.59 bits per heavy atom. The number of rotatable bonds is 2. The summed E-state index contributed by atoms with van der Waals surface area (Å²) in [4.78, 5) is 0. The fourth-order valence-electron chi connectivity index (χ4n) is 3.94. The van der Waals surface area contributed by atoms with Gasteiger partial charge >= 0.3 is 0 Å². The normalized spacial score (nSPS) is 21.5. The zero-order chi connectivity index (χ0) is 15.7. The van der Waals surface area contributed by atoms with Crippen LogP contribution in [0.3, 0.4) is 0 Å². The average molecular weight is 292 g/mol. The van der Waals surface area contributed by atoms with Crippen molar-refractivity contribution in [2.45, 2.75) is 58.8 Å². The molecule has 2 aromatic rings. The van der Waals surface area contributed by atoms with Crippen LogP contribution in [0.5, 0.6) is 0 Å². The van der Waals surface area contributed by atoms with Crippen LogP contribution < -0.4 is 0 Å². The van der Waals surface area contributed by atoms with E-state index in [0.29, 0.717) is 17.3 Å². The Hall–Kier alpha value is -1.56. The van der Waals surface area contributed by atoms with E-state index in [2.05, 4.69) is 76.2 Å². The number of fused-ring (bicyclic) bond motifs is 1. The molecule has 0 spiro atoms. The maximum absolute atomic E-state index is 2.49. The molecule has 22 heavy (non-hydrogen) atoms. The van der Waals surface area contributed by atoms with Crippen LogP contribution in [0.25, 0.3) is 0 Å². The summed E-state index contributed by atoms with van der Waals surface area (Å²) in [6.07, 6.45) is 3.69. The molecule has 0 radical (unpaired) electrons. The van der Waals surface area contributed by atoms with E-state index in [1.54, 1.807) is 11.1 Å². The summed E-state index contributed by atoms with van der Waals surface area (Å²) >= 11 is 0. The smallest absolute Gasteiger partial charge is 0.00257 e. The molecule has 0 fully saturated rings. The highest BCUT2D eigenvalue weighted by molar-refractivity contribution is 5.41. The van der Waals surface area contributed by atoms with Crippen LogP contribution in [0, 0.1) is 5.41 Å². The molecule has 0 aliphatic heterocycles. The van der Waals surface area contributed by atoms with E-state index in [4.69, 9.17) is 0 Å². The van der Waals surface area contributed by atoms with Crippen molar-refractivity contribution in [2.24, 2.45) is 5.41 Å². The van der Waals surface area contributed by atoms with Gasteiger partial charge in [-0.15, -0.1) is 0 Å². The summed E-state index contributed by atoms with van der Waals surface area (Å²) in [5.74, 6) is 1.40. The first-order valence-electron chi connectivity index (χ1n) is 8.62. The van der Waals surface area contributed by atoms with Crippen molar-refractivity contribution in [1.29, 1.82) is 0 Å². The lowest BCUT2D eigenvalue weighted by Crippen LogP contribution is -2.24. The maximum Gasteiger partial charge on any atom is -0.00257 e. The third-order valence-corrected chi connectivity index (χ3v) is 5.24. The Kier molecular flexibility index (Phi) is 4.12. The Balaban J connectivity index is 1.96. The Morgan fingerprint density at radius 3 is 2.27 bits per heavy atom. The maximum atomic E-state index is 2.49. The van der Waals surface area contributed by atoms with Gasteiger partial charge < -0.3 is 0 Å². The highest BCUT2D eigenvalue weighted by Gasteiger charge is 2.32. The molecule has 0 nitrogen and oxygen atoms in total. The van der Waals surface area contributed by atoms with E-state index in [-0.39, 0.29) is 0 Å². The molecule has 2 unspecified atom stereocenters. The van der Waals surface area contributed by atoms with E-state index in [1.165, 1.54) is 24.0 Å². The van der Waals surface area contributed by atoms with Gasteiger partial charge in [0, 0.05) is 0 Å². The van der Waals surface area contributed by atoms with Crippen LogP contribution in [0.2, 0.25) is 0 Å². The number of benzene rings is 2. The van der Waals surface area contributed by atoms with Crippen molar-refractivity contribution in [3.63, 3.8) is 0 Å². The highest BCUT2D eigenvalue weighted by atomic mass is 14.4. The molecule has 0 heterocycles. The van der Waals surface area contributed by atoms with Crippen molar-refractivity contribution >= 4 is 0 Å². The van der Waals surface area contributed by atoms with Gasteiger partial charge in [0.15, 0.2) is 0 Å². The van der Waals surface area contributed by atoms with Gasteiger partial charge in [-0.2, -0.15) is 0 Å². The molecule has 0 saturated carbocycles. The first-order chi connectivity index (χ1) is 10.4. The largest absolute Gasteiger partial charge is 0.0622 e. The molecule has 0 bridgehead atoms. The van der Waals surface area contributed by atoms with Crippen molar-refractivity contribution in [2.75, 3.05) is 0 Å². The van der Waals surface area contributed by atoms with Crippen LogP contribution in [-0.4, -0.2) is 0 Å². The molecular weight excluding hydrogens is 264 g/mol. The molecule has 0 heteroatoms. The van der Waals surface area contributed by atoms with Crippen LogP contribution in [0.4, 0.5) is 0 Å². The lowest BCUT2D eigenvalue weighted by molar-refractivity contribution is 0.281. The third kappa shape index (κ3) is 3.11. The molecule has 2 aromatic carbocycles. The quantitative estimate of drug-likeness (QED) is 0.609. The molecule has 3 rings (SSSR count). The van der Waals surface area contributed by atoms with Crippen molar-refractivity contribution in [3.05, 3.63) is 70.8 Å². The van der Waals surface area contributed by atoms with Gasteiger partial charge in [0.1, 0.15) is 0 Å².